The van der Waals surface area contributed by atoms with E-state index in [2.05, 4.69) is 15.3 Å². The van der Waals surface area contributed by atoms with Gasteiger partial charge in [0.2, 0.25) is 5.91 Å². The van der Waals surface area contributed by atoms with E-state index in [0.717, 1.165) is 0 Å². The molecule has 0 spiro atoms. The van der Waals surface area contributed by atoms with Gasteiger partial charge in [-0.2, -0.15) is 5.26 Å². The topological polar surface area (TPSA) is 81.9 Å². The van der Waals surface area contributed by atoms with Crippen molar-refractivity contribution in [3.8, 4) is 6.07 Å². The number of amides is 1. The van der Waals surface area contributed by atoms with Crippen LogP contribution in [0.15, 0.2) is 12.4 Å². The molecule has 2 rings (SSSR count). The molecule has 6 heteroatoms. The maximum Gasteiger partial charge on any atom is 0.225 e. The predicted molar refractivity (Wildman–Crippen MR) is 70.2 cm³/mol. The second-order valence-electron chi connectivity index (χ2n) is 5.59. The molecule has 0 aliphatic carbocycles. The van der Waals surface area contributed by atoms with Crippen molar-refractivity contribution < 1.29 is 4.79 Å². The minimum atomic E-state index is -0.187. The monoisotopic (exact) mass is 259 g/mol. The number of aromatic nitrogens is 2. The SMILES string of the molecule is CC(C)(C)N1CC(Nc2nccnc2C#N)CC1=O. The van der Waals surface area contributed by atoms with Gasteiger partial charge in [-0.15, -0.1) is 0 Å². The first-order valence-corrected chi connectivity index (χ1v) is 6.20. The van der Waals surface area contributed by atoms with Crippen molar-refractivity contribution in [1.82, 2.24) is 14.9 Å². The molecule has 1 atom stereocenters. The number of carbonyl (C=O) groups is 1. The highest BCUT2D eigenvalue weighted by molar-refractivity contribution is 5.80. The lowest BCUT2D eigenvalue weighted by atomic mass is 10.1. The summed E-state index contributed by atoms with van der Waals surface area (Å²) in [6.45, 7) is 6.65. The van der Waals surface area contributed by atoms with E-state index in [1.165, 1.54) is 12.4 Å². The molecule has 6 nitrogen and oxygen atoms in total. The number of hydrogen-bond donors (Lipinski definition) is 1. The van der Waals surface area contributed by atoms with Gasteiger partial charge in [0.15, 0.2) is 11.5 Å². The van der Waals surface area contributed by atoms with Crippen molar-refractivity contribution in [2.75, 3.05) is 11.9 Å². The third-order valence-corrected chi connectivity index (χ3v) is 3.08. The minimum absolute atomic E-state index is 0.0319. The van der Waals surface area contributed by atoms with E-state index >= 15 is 0 Å². The molecule has 1 saturated heterocycles. The molecule has 0 aromatic carbocycles. The molecule has 1 aromatic rings. The summed E-state index contributed by atoms with van der Waals surface area (Å²) in [5.74, 6) is 0.561. The molecule has 1 aliphatic heterocycles. The Morgan fingerprint density at radius 3 is 2.68 bits per heavy atom. The van der Waals surface area contributed by atoms with Crippen LogP contribution in [0, 0.1) is 11.3 Å². The van der Waals surface area contributed by atoms with Gasteiger partial charge in [0, 0.05) is 30.9 Å². The standard InChI is InChI=1S/C13H17N5O/c1-13(2,3)18-8-9(6-11(18)19)17-12-10(7-14)15-4-5-16-12/h4-5,9H,6,8H2,1-3H3,(H,16,17). The number of hydrogen-bond acceptors (Lipinski definition) is 5. The van der Waals surface area contributed by atoms with Crippen LogP contribution >= 0.6 is 0 Å². The van der Waals surface area contributed by atoms with Gasteiger partial charge in [-0.25, -0.2) is 9.97 Å². The van der Waals surface area contributed by atoms with Gasteiger partial charge in [0.1, 0.15) is 6.07 Å². The Hall–Kier alpha value is -2.16. The summed E-state index contributed by atoms with van der Waals surface area (Å²) in [6, 6.07) is 1.96. The number of nitriles is 1. The van der Waals surface area contributed by atoms with Crippen LogP contribution in [-0.4, -0.2) is 38.9 Å². The fourth-order valence-corrected chi connectivity index (χ4v) is 2.17. The van der Waals surface area contributed by atoms with Gasteiger partial charge in [-0.1, -0.05) is 0 Å². The van der Waals surface area contributed by atoms with Gasteiger partial charge in [-0.3, -0.25) is 4.79 Å². The van der Waals surface area contributed by atoms with Crippen molar-refractivity contribution in [3.63, 3.8) is 0 Å². The maximum absolute atomic E-state index is 12.0. The molecular weight excluding hydrogens is 242 g/mol. The van der Waals surface area contributed by atoms with E-state index in [9.17, 15) is 4.79 Å². The zero-order valence-corrected chi connectivity index (χ0v) is 11.3. The Morgan fingerprint density at radius 2 is 2.11 bits per heavy atom. The average Bonchev–Trinajstić information content (AvgIpc) is 2.71. The Bertz CT molecular complexity index is 529. The van der Waals surface area contributed by atoms with Crippen LogP contribution in [0.3, 0.4) is 0 Å². The number of anilines is 1. The summed E-state index contributed by atoms with van der Waals surface area (Å²) in [7, 11) is 0. The third kappa shape index (κ3) is 2.81. The molecule has 100 valence electrons. The van der Waals surface area contributed by atoms with E-state index in [1.807, 2.05) is 31.7 Å². The van der Waals surface area contributed by atoms with E-state index in [1.54, 1.807) is 0 Å². The summed E-state index contributed by atoms with van der Waals surface area (Å²) in [5.41, 5.74) is 0.0673. The van der Waals surface area contributed by atoms with E-state index in [4.69, 9.17) is 5.26 Å². The van der Waals surface area contributed by atoms with Gasteiger partial charge >= 0.3 is 0 Å². The quantitative estimate of drug-likeness (QED) is 0.861. The molecule has 0 radical (unpaired) electrons. The smallest absolute Gasteiger partial charge is 0.225 e. The highest BCUT2D eigenvalue weighted by Crippen LogP contribution is 2.24. The van der Waals surface area contributed by atoms with Crippen LogP contribution in [0.25, 0.3) is 0 Å². The molecule has 1 unspecified atom stereocenters. The van der Waals surface area contributed by atoms with Gasteiger partial charge in [0.05, 0.1) is 6.04 Å². The molecule has 1 N–H and O–H groups in total. The van der Waals surface area contributed by atoms with Crippen LogP contribution in [0.4, 0.5) is 5.82 Å². The Labute approximate surface area is 112 Å². The molecule has 19 heavy (non-hydrogen) atoms. The van der Waals surface area contributed by atoms with Gasteiger partial charge in [0.25, 0.3) is 0 Å². The van der Waals surface area contributed by atoms with Crippen LogP contribution in [0.5, 0.6) is 0 Å². The molecule has 1 amide bonds. The minimum Gasteiger partial charge on any atom is -0.363 e. The van der Waals surface area contributed by atoms with Crippen molar-refractivity contribution in [2.45, 2.75) is 38.8 Å². The lowest BCUT2D eigenvalue weighted by molar-refractivity contribution is -0.131. The average molecular weight is 259 g/mol. The summed E-state index contributed by atoms with van der Waals surface area (Å²) in [4.78, 5) is 21.8. The molecule has 0 saturated carbocycles. The van der Waals surface area contributed by atoms with Crippen LogP contribution in [0.2, 0.25) is 0 Å². The zero-order chi connectivity index (χ0) is 14.0. The highest BCUT2D eigenvalue weighted by atomic mass is 16.2. The number of rotatable bonds is 2. The third-order valence-electron chi connectivity index (χ3n) is 3.08. The van der Waals surface area contributed by atoms with Crippen molar-refractivity contribution in [2.24, 2.45) is 0 Å². The summed E-state index contributed by atoms with van der Waals surface area (Å²) < 4.78 is 0. The first-order valence-electron chi connectivity index (χ1n) is 6.20. The largest absolute Gasteiger partial charge is 0.363 e. The van der Waals surface area contributed by atoms with Crippen molar-refractivity contribution >= 4 is 11.7 Å². The van der Waals surface area contributed by atoms with Crippen LogP contribution in [0.1, 0.15) is 32.9 Å². The second kappa shape index (κ2) is 4.84. The fraction of sp³-hybridized carbons (Fsp3) is 0.538. The molecule has 1 aromatic heterocycles. The first-order chi connectivity index (χ1) is 8.91. The zero-order valence-electron chi connectivity index (χ0n) is 11.3. The lowest BCUT2D eigenvalue weighted by Gasteiger charge is -2.32. The predicted octanol–water partition coefficient (Wildman–Crippen LogP) is 1.16. The van der Waals surface area contributed by atoms with Crippen molar-refractivity contribution in [1.29, 1.82) is 5.26 Å². The highest BCUT2D eigenvalue weighted by Gasteiger charge is 2.36. The number of likely N-dealkylation sites (tertiary alicyclic amines) is 1. The maximum atomic E-state index is 12.0. The van der Waals surface area contributed by atoms with Crippen molar-refractivity contribution in [3.05, 3.63) is 18.1 Å². The van der Waals surface area contributed by atoms with Gasteiger partial charge in [-0.05, 0) is 20.8 Å². The number of nitrogens with one attached hydrogen (secondary N) is 1. The molecule has 1 fully saturated rings. The van der Waals surface area contributed by atoms with Crippen LogP contribution in [-0.2, 0) is 4.79 Å². The van der Waals surface area contributed by atoms with Crippen LogP contribution < -0.4 is 5.32 Å². The molecule has 1 aliphatic rings. The molecule has 2 heterocycles. The summed E-state index contributed by atoms with van der Waals surface area (Å²) in [6.07, 6.45) is 3.42. The number of nitrogens with zero attached hydrogens (tertiary/aromatic N) is 4. The molecule has 0 bridgehead atoms. The van der Waals surface area contributed by atoms with Gasteiger partial charge < -0.3 is 10.2 Å². The van der Waals surface area contributed by atoms with E-state index in [-0.39, 0.29) is 23.2 Å². The fourth-order valence-electron chi connectivity index (χ4n) is 2.17. The Kier molecular flexibility index (Phi) is 3.38. The summed E-state index contributed by atoms with van der Waals surface area (Å²) in [5, 5.41) is 12.1. The first kappa shape index (κ1) is 13.3. The second-order valence-corrected chi connectivity index (χ2v) is 5.59. The lowest BCUT2D eigenvalue weighted by Crippen LogP contribution is -2.43. The summed E-state index contributed by atoms with van der Waals surface area (Å²) >= 11 is 0. The normalized spacial score (nSPS) is 19.4. The van der Waals surface area contributed by atoms with E-state index in [0.29, 0.717) is 18.8 Å². The Balaban J connectivity index is 2.11. The Morgan fingerprint density at radius 1 is 1.42 bits per heavy atom. The molecular formula is C13H17N5O. The number of carbonyl (C=O) groups excluding carboxylic acids is 1. The van der Waals surface area contributed by atoms with E-state index < -0.39 is 0 Å².